The molecule has 0 spiro atoms. The van der Waals surface area contributed by atoms with Gasteiger partial charge in [0, 0.05) is 26.7 Å². The van der Waals surface area contributed by atoms with E-state index in [0.29, 0.717) is 24.5 Å². The summed E-state index contributed by atoms with van der Waals surface area (Å²) in [5.41, 5.74) is -0.199. The molecule has 1 aliphatic rings. The van der Waals surface area contributed by atoms with Gasteiger partial charge in [-0.3, -0.25) is 13.9 Å². The molecule has 8 heteroatoms. The molecule has 0 saturated carbocycles. The minimum atomic E-state index is -0.373. The maximum Gasteiger partial charge on any atom is 0.332 e. The van der Waals surface area contributed by atoms with Crippen molar-refractivity contribution in [3.05, 3.63) is 20.8 Å². The van der Waals surface area contributed by atoms with Gasteiger partial charge in [-0.2, -0.15) is 0 Å². The minimum absolute atomic E-state index is 0.0521. The van der Waals surface area contributed by atoms with Gasteiger partial charge in [0.1, 0.15) is 11.5 Å². The first-order valence-electron chi connectivity index (χ1n) is 6.14. The van der Waals surface area contributed by atoms with Crippen LogP contribution in [0.25, 0.3) is 0 Å². The molecule has 1 atom stereocenters. The van der Waals surface area contributed by atoms with E-state index < -0.39 is 0 Å². The number of rotatable bonds is 4. The van der Waals surface area contributed by atoms with Crippen molar-refractivity contribution >= 4 is 27.4 Å². The van der Waals surface area contributed by atoms with Gasteiger partial charge >= 0.3 is 5.69 Å². The number of halogens is 1. The fourth-order valence-electron chi connectivity index (χ4n) is 2.22. The zero-order valence-electron chi connectivity index (χ0n) is 10.9. The Kier molecular flexibility index (Phi) is 4.00. The van der Waals surface area contributed by atoms with E-state index in [0.717, 1.165) is 0 Å². The first-order valence-corrected chi connectivity index (χ1v) is 7.06. The summed E-state index contributed by atoms with van der Waals surface area (Å²) in [6, 6.07) is 0. The van der Waals surface area contributed by atoms with E-state index in [1.165, 1.54) is 9.13 Å². The van der Waals surface area contributed by atoms with Crippen molar-refractivity contribution < 1.29 is 5.11 Å². The van der Waals surface area contributed by atoms with Crippen molar-refractivity contribution in [1.82, 2.24) is 9.13 Å². The fourth-order valence-corrected chi connectivity index (χ4v) is 2.94. The molecule has 7 nitrogen and oxygen atoms in total. The second-order valence-electron chi connectivity index (χ2n) is 4.34. The summed E-state index contributed by atoms with van der Waals surface area (Å²) in [5, 5.41) is 11.7. The largest absolute Gasteiger partial charge is 0.396 e. The van der Waals surface area contributed by atoms with Gasteiger partial charge in [0.15, 0.2) is 5.08 Å². The Morgan fingerprint density at radius 1 is 1.42 bits per heavy atom. The molecule has 0 fully saturated rings. The Morgan fingerprint density at radius 2 is 2.11 bits per heavy atom. The van der Waals surface area contributed by atoms with Crippen molar-refractivity contribution in [1.29, 1.82) is 0 Å². The molecule has 0 aliphatic carbocycles. The van der Waals surface area contributed by atoms with Crippen molar-refractivity contribution in [3.8, 4) is 0 Å². The first kappa shape index (κ1) is 14.1. The molecule has 0 radical (unpaired) electrons. The van der Waals surface area contributed by atoms with Gasteiger partial charge in [-0.1, -0.05) is 0 Å². The van der Waals surface area contributed by atoms with Gasteiger partial charge in [0.05, 0.1) is 0 Å². The summed E-state index contributed by atoms with van der Waals surface area (Å²) < 4.78 is 2.60. The molecule has 0 bridgehead atoms. The van der Waals surface area contributed by atoms with Gasteiger partial charge < -0.3 is 15.3 Å². The molecule has 106 valence electrons. The number of hydrogen-bond donors (Lipinski definition) is 2. The Labute approximate surface area is 118 Å². The Bertz CT molecular complexity index is 595. The maximum absolute atomic E-state index is 12.4. The molecule has 1 aliphatic heterocycles. The Hall–Kier alpha value is -1.28. The lowest BCUT2D eigenvalue weighted by atomic mass is 10.4. The standard InChI is InChI=1S/C11H17BrN4O3/c1-3-15-7-8(13-10(15)12)14(2)11(19)16(9(7)18)5-4-6-17/h10,13,17H,3-6H2,1-2H3. The predicted octanol–water partition coefficient (Wildman–Crippen LogP) is -0.140. The number of aliphatic hydroxyl groups excluding tert-OH is 1. The highest BCUT2D eigenvalue weighted by atomic mass is 79.9. The van der Waals surface area contributed by atoms with Crippen LogP contribution in [0.2, 0.25) is 0 Å². The number of aromatic nitrogens is 2. The Balaban J connectivity index is 2.63. The monoisotopic (exact) mass is 332 g/mol. The highest BCUT2D eigenvalue weighted by Crippen LogP contribution is 2.31. The fraction of sp³-hybridized carbons (Fsp3) is 0.636. The van der Waals surface area contributed by atoms with E-state index in [9.17, 15) is 9.59 Å². The lowest BCUT2D eigenvalue weighted by Gasteiger charge is -2.19. The zero-order chi connectivity index (χ0) is 14.2. The van der Waals surface area contributed by atoms with Crippen molar-refractivity contribution in [2.75, 3.05) is 23.4 Å². The molecule has 0 aromatic carbocycles. The summed E-state index contributed by atoms with van der Waals surface area (Å²) in [6.07, 6.45) is 0.380. The van der Waals surface area contributed by atoms with E-state index in [1.807, 2.05) is 11.8 Å². The first-order chi connectivity index (χ1) is 9.02. The topological polar surface area (TPSA) is 79.5 Å². The maximum atomic E-state index is 12.4. The van der Waals surface area contributed by atoms with Gasteiger partial charge in [0.25, 0.3) is 5.56 Å². The summed E-state index contributed by atoms with van der Waals surface area (Å²) in [4.78, 5) is 26.4. The third kappa shape index (κ3) is 2.18. The van der Waals surface area contributed by atoms with Crippen LogP contribution >= 0.6 is 15.9 Å². The summed E-state index contributed by atoms with van der Waals surface area (Å²) in [6.45, 7) is 2.75. The van der Waals surface area contributed by atoms with Crippen LogP contribution in [0.3, 0.4) is 0 Å². The van der Waals surface area contributed by atoms with Crippen LogP contribution in [-0.2, 0) is 13.6 Å². The van der Waals surface area contributed by atoms with Crippen LogP contribution in [0, 0.1) is 0 Å². The van der Waals surface area contributed by atoms with E-state index in [4.69, 9.17) is 5.11 Å². The molecule has 19 heavy (non-hydrogen) atoms. The molecule has 2 heterocycles. The summed E-state index contributed by atoms with van der Waals surface area (Å²) in [7, 11) is 1.63. The third-order valence-electron chi connectivity index (χ3n) is 3.22. The second kappa shape index (κ2) is 5.38. The SMILES string of the molecule is CCN1c2c(n(C)c(=O)n(CCCO)c2=O)NC1Br. The number of nitrogens with zero attached hydrogens (tertiary/aromatic N) is 3. The normalized spacial score (nSPS) is 17.5. The van der Waals surface area contributed by atoms with Crippen LogP contribution in [0.1, 0.15) is 13.3 Å². The second-order valence-corrected chi connectivity index (χ2v) is 5.21. The number of fused-ring (bicyclic) bond motifs is 1. The predicted molar refractivity (Wildman–Crippen MR) is 77.0 cm³/mol. The number of hydrogen-bond acceptors (Lipinski definition) is 5. The molecule has 2 N–H and O–H groups in total. The van der Waals surface area contributed by atoms with Crippen molar-refractivity contribution in [2.24, 2.45) is 7.05 Å². The van der Waals surface area contributed by atoms with Crippen molar-refractivity contribution in [2.45, 2.75) is 25.0 Å². The lowest BCUT2D eigenvalue weighted by molar-refractivity contribution is 0.277. The zero-order valence-corrected chi connectivity index (χ0v) is 12.5. The quantitative estimate of drug-likeness (QED) is 0.592. The Morgan fingerprint density at radius 3 is 2.68 bits per heavy atom. The molecule has 0 amide bonds. The van der Waals surface area contributed by atoms with E-state index in [1.54, 1.807) is 7.05 Å². The minimum Gasteiger partial charge on any atom is -0.396 e. The van der Waals surface area contributed by atoms with E-state index in [2.05, 4.69) is 21.2 Å². The highest BCUT2D eigenvalue weighted by molar-refractivity contribution is 9.09. The average molecular weight is 333 g/mol. The smallest absolute Gasteiger partial charge is 0.332 e. The van der Waals surface area contributed by atoms with Gasteiger partial charge in [-0.25, -0.2) is 4.79 Å². The number of nitrogens with one attached hydrogen (secondary N) is 1. The molecule has 1 aromatic heterocycles. The highest BCUT2D eigenvalue weighted by Gasteiger charge is 2.32. The molecule has 0 saturated heterocycles. The average Bonchev–Trinajstić information content (AvgIpc) is 2.73. The van der Waals surface area contributed by atoms with Crippen molar-refractivity contribution in [3.63, 3.8) is 0 Å². The molecule has 1 unspecified atom stereocenters. The number of aliphatic hydroxyl groups is 1. The number of alkyl halides is 1. The van der Waals surface area contributed by atoms with Gasteiger partial charge in [-0.15, -0.1) is 0 Å². The van der Waals surface area contributed by atoms with Gasteiger partial charge in [-0.05, 0) is 29.3 Å². The van der Waals surface area contributed by atoms with Crippen LogP contribution in [0.4, 0.5) is 11.5 Å². The van der Waals surface area contributed by atoms with Crippen LogP contribution in [-0.4, -0.2) is 32.5 Å². The van der Waals surface area contributed by atoms with Crippen LogP contribution in [0.5, 0.6) is 0 Å². The van der Waals surface area contributed by atoms with Gasteiger partial charge in [0.2, 0.25) is 0 Å². The molecule has 1 aromatic rings. The number of anilines is 2. The third-order valence-corrected chi connectivity index (χ3v) is 3.95. The summed E-state index contributed by atoms with van der Waals surface area (Å²) in [5.74, 6) is 0.527. The molecular weight excluding hydrogens is 316 g/mol. The summed E-state index contributed by atoms with van der Waals surface area (Å²) >= 11 is 3.43. The van der Waals surface area contributed by atoms with Crippen LogP contribution < -0.4 is 21.5 Å². The molecule has 2 rings (SSSR count). The lowest BCUT2D eigenvalue weighted by Crippen LogP contribution is -2.41. The van der Waals surface area contributed by atoms with E-state index >= 15 is 0 Å². The molecular formula is C11H17BrN4O3. The van der Waals surface area contributed by atoms with E-state index in [-0.39, 0.29) is 29.5 Å². The van der Waals surface area contributed by atoms with Crippen LogP contribution in [0.15, 0.2) is 9.59 Å².